The summed E-state index contributed by atoms with van der Waals surface area (Å²) in [5, 5.41) is 9.15. The van der Waals surface area contributed by atoms with Crippen LogP contribution in [0.5, 0.6) is 0 Å². The Balaban J connectivity index is 2.10. The summed E-state index contributed by atoms with van der Waals surface area (Å²) in [7, 11) is 0. The molecule has 25 heavy (non-hydrogen) atoms. The number of carbonyl (C=O) groups excluding carboxylic acids is 1. The smallest absolute Gasteiger partial charge is 0.243 e. The average molecular weight is 340 g/mol. The topological polar surface area (TPSA) is 91.8 Å². The van der Waals surface area contributed by atoms with E-state index in [1.54, 1.807) is 12.3 Å². The van der Waals surface area contributed by atoms with Crippen LogP contribution in [0.4, 0.5) is 17.6 Å². The molecule has 0 spiro atoms. The number of aryl methyl sites for hydroxylation is 1. The largest absolute Gasteiger partial charge is 0.354 e. The minimum atomic E-state index is -0.106. The minimum Gasteiger partial charge on any atom is -0.354 e. The molecule has 132 valence electrons. The number of hydrogen-bond acceptors (Lipinski definition) is 6. The summed E-state index contributed by atoms with van der Waals surface area (Å²) in [6.45, 7) is 7.04. The first kappa shape index (κ1) is 18.4. The quantitative estimate of drug-likeness (QED) is 0.640. The van der Waals surface area contributed by atoms with E-state index >= 15 is 0 Å². The first-order valence-electron chi connectivity index (χ1n) is 8.32. The summed E-state index contributed by atoms with van der Waals surface area (Å²) >= 11 is 0. The van der Waals surface area contributed by atoms with E-state index in [0.29, 0.717) is 24.7 Å². The summed E-state index contributed by atoms with van der Waals surface area (Å²) in [5.41, 5.74) is 1.95. The lowest BCUT2D eigenvalue weighted by Crippen LogP contribution is -2.24. The van der Waals surface area contributed by atoms with Gasteiger partial charge in [0.25, 0.3) is 0 Å². The van der Waals surface area contributed by atoms with Gasteiger partial charge in [0.2, 0.25) is 11.9 Å². The number of allylic oxidation sites excluding steroid dienone is 1. The Bertz CT molecular complexity index is 744. The fourth-order valence-electron chi connectivity index (χ4n) is 2.19. The molecule has 3 N–H and O–H groups in total. The van der Waals surface area contributed by atoms with Crippen LogP contribution in [0.2, 0.25) is 0 Å². The molecule has 0 saturated carbocycles. The molecule has 2 aromatic heterocycles. The van der Waals surface area contributed by atoms with Crippen molar-refractivity contribution in [2.75, 3.05) is 23.7 Å². The molecule has 2 aromatic rings. The number of hydrogen-bond donors (Lipinski definition) is 3. The van der Waals surface area contributed by atoms with Crippen LogP contribution in [0.25, 0.3) is 0 Å². The van der Waals surface area contributed by atoms with E-state index < -0.39 is 0 Å². The number of anilines is 3. The van der Waals surface area contributed by atoms with Crippen molar-refractivity contribution in [3.8, 4) is 0 Å². The van der Waals surface area contributed by atoms with Crippen molar-refractivity contribution in [2.24, 2.45) is 0 Å². The monoisotopic (exact) mass is 340 g/mol. The molecule has 0 radical (unpaired) electrons. The minimum absolute atomic E-state index is 0.106. The van der Waals surface area contributed by atoms with Crippen LogP contribution >= 0.6 is 0 Å². The first-order valence-corrected chi connectivity index (χ1v) is 8.32. The second kappa shape index (κ2) is 9.36. The Morgan fingerprint density at radius 3 is 2.80 bits per heavy atom. The summed E-state index contributed by atoms with van der Waals surface area (Å²) in [6, 6.07) is 5.76. The van der Waals surface area contributed by atoms with Crippen molar-refractivity contribution in [3.63, 3.8) is 0 Å². The molecule has 0 fully saturated rings. The number of carbonyl (C=O) groups is 1. The average Bonchev–Trinajstić information content (AvgIpc) is 2.55. The van der Waals surface area contributed by atoms with E-state index in [2.05, 4.69) is 30.9 Å². The van der Waals surface area contributed by atoms with Crippen LogP contribution in [0.1, 0.15) is 25.1 Å². The van der Waals surface area contributed by atoms with Gasteiger partial charge >= 0.3 is 0 Å². The maximum absolute atomic E-state index is 11.5. The maximum atomic E-state index is 11.5. The van der Waals surface area contributed by atoms with Gasteiger partial charge in [-0.25, -0.2) is 9.97 Å². The zero-order valence-electron chi connectivity index (χ0n) is 14.8. The molecule has 0 aliphatic heterocycles. The molecule has 7 nitrogen and oxygen atoms in total. The van der Waals surface area contributed by atoms with E-state index in [0.717, 1.165) is 23.6 Å². The van der Waals surface area contributed by atoms with E-state index in [-0.39, 0.29) is 5.91 Å². The SMILES string of the molecule is CC=CC(=O)NCCc1cc(Nc2cc(C)ccn2)nc(NCC)n1. The zero-order valence-corrected chi connectivity index (χ0v) is 14.8. The molecule has 7 heteroatoms. The Kier molecular flexibility index (Phi) is 6.88. The predicted octanol–water partition coefficient (Wildman–Crippen LogP) is 2.59. The van der Waals surface area contributed by atoms with Crippen molar-refractivity contribution in [1.82, 2.24) is 20.3 Å². The van der Waals surface area contributed by atoms with Crippen molar-refractivity contribution >= 4 is 23.5 Å². The van der Waals surface area contributed by atoms with Gasteiger partial charge in [0, 0.05) is 37.5 Å². The molecule has 0 unspecified atom stereocenters. The van der Waals surface area contributed by atoms with Gasteiger partial charge in [-0.15, -0.1) is 0 Å². The molecular formula is C18H24N6O. The van der Waals surface area contributed by atoms with E-state index in [4.69, 9.17) is 0 Å². The lowest BCUT2D eigenvalue weighted by molar-refractivity contribution is -0.116. The summed E-state index contributed by atoms with van der Waals surface area (Å²) in [5.74, 6) is 1.84. The van der Waals surface area contributed by atoms with Crippen LogP contribution in [0.3, 0.4) is 0 Å². The van der Waals surface area contributed by atoms with E-state index in [1.807, 2.05) is 39.0 Å². The molecule has 0 saturated heterocycles. The van der Waals surface area contributed by atoms with Crippen LogP contribution < -0.4 is 16.0 Å². The third-order valence-corrected chi connectivity index (χ3v) is 3.28. The van der Waals surface area contributed by atoms with Crippen molar-refractivity contribution in [1.29, 1.82) is 0 Å². The van der Waals surface area contributed by atoms with Gasteiger partial charge in [-0.2, -0.15) is 4.98 Å². The van der Waals surface area contributed by atoms with Crippen LogP contribution in [0.15, 0.2) is 36.5 Å². The summed E-state index contributed by atoms with van der Waals surface area (Å²) in [6.07, 6.45) is 5.57. The Labute approximate surface area is 148 Å². The lowest BCUT2D eigenvalue weighted by atomic mass is 10.2. The molecule has 0 aliphatic rings. The van der Waals surface area contributed by atoms with Gasteiger partial charge in [0.05, 0.1) is 0 Å². The molecule has 0 atom stereocenters. The molecule has 2 heterocycles. The Morgan fingerprint density at radius 2 is 2.08 bits per heavy atom. The summed E-state index contributed by atoms with van der Waals surface area (Å²) < 4.78 is 0. The van der Waals surface area contributed by atoms with Crippen molar-refractivity contribution in [3.05, 3.63) is 47.8 Å². The molecule has 2 rings (SSSR count). The molecule has 1 amide bonds. The highest BCUT2D eigenvalue weighted by Crippen LogP contribution is 2.16. The fourth-order valence-corrected chi connectivity index (χ4v) is 2.19. The Morgan fingerprint density at radius 1 is 1.24 bits per heavy atom. The number of pyridine rings is 1. The number of rotatable bonds is 8. The van der Waals surface area contributed by atoms with Gasteiger partial charge < -0.3 is 16.0 Å². The van der Waals surface area contributed by atoms with Crippen LogP contribution in [0, 0.1) is 6.92 Å². The van der Waals surface area contributed by atoms with Crippen molar-refractivity contribution in [2.45, 2.75) is 27.2 Å². The number of aromatic nitrogens is 3. The lowest BCUT2D eigenvalue weighted by Gasteiger charge is -2.10. The van der Waals surface area contributed by atoms with Crippen LogP contribution in [-0.2, 0) is 11.2 Å². The third kappa shape index (κ3) is 6.21. The number of nitrogens with zero attached hydrogens (tertiary/aromatic N) is 3. The molecule has 0 bridgehead atoms. The van der Waals surface area contributed by atoms with Crippen molar-refractivity contribution < 1.29 is 4.79 Å². The normalized spacial score (nSPS) is 10.7. The molecular weight excluding hydrogens is 316 g/mol. The van der Waals surface area contributed by atoms with Gasteiger partial charge in [-0.1, -0.05) is 6.08 Å². The zero-order chi connectivity index (χ0) is 18.1. The predicted molar refractivity (Wildman–Crippen MR) is 100.0 cm³/mol. The van der Waals surface area contributed by atoms with Gasteiger partial charge in [-0.05, 0) is 44.5 Å². The highest BCUT2D eigenvalue weighted by molar-refractivity contribution is 5.87. The molecule has 0 aromatic carbocycles. The number of amides is 1. The van der Waals surface area contributed by atoms with E-state index in [1.165, 1.54) is 6.08 Å². The second-order valence-corrected chi connectivity index (χ2v) is 5.48. The van der Waals surface area contributed by atoms with Gasteiger partial charge in [-0.3, -0.25) is 4.79 Å². The number of nitrogens with one attached hydrogen (secondary N) is 3. The third-order valence-electron chi connectivity index (χ3n) is 3.28. The fraction of sp³-hybridized carbons (Fsp3) is 0.333. The van der Waals surface area contributed by atoms with E-state index in [9.17, 15) is 4.79 Å². The van der Waals surface area contributed by atoms with Gasteiger partial charge in [0.1, 0.15) is 11.6 Å². The standard InChI is InChI=1S/C18H24N6O/c1-4-6-17(25)21-10-8-14-12-16(24-18(22-14)19-5-2)23-15-11-13(3)7-9-20-15/h4,6-7,9,11-12H,5,8,10H2,1-3H3,(H,21,25)(H2,19,20,22,23,24). The molecule has 0 aliphatic carbocycles. The maximum Gasteiger partial charge on any atom is 0.243 e. The highest BCUT2D eigenvalue weighted by atomic mass is 16.1. The van der Waals surface area contributed by atoms with Gasteiger partial charge in [0.15, 0.2) is 0 Å². The second-order valence-electron chi connectivity index (χ2n) is 5.48. The summed E-state index contributed by atoms with van der Waals surface area (Å²) in [4.78, 5) is 24.7. The highest BCUT2D eigenvalue weighted by Gasteiger charge is 2.06. The van der Waals surface area contributed by atoms with Crippen LogP contribution in [-0.4, -0.2) is 33.9 Å². The first-order chi connectivity index (χ1) is 12.1. The Hall–Kier alpha value is -2.96.